The van der Waals surface area contributed by atoms with Crippen molar-refractivity contribution >= 4 is 12.0 Å². The number of morpholine rings is 1. The maximum Gasteiger partial charge on any atom is 0.328 e. The Labute approximate surface area is 143 Å². The van der Waals surface area contributed by atoms with Gasteiger partial charge in [0.15, 0.2) is 0 Å². The number of carboxylic acids is 1. The number of rotatable bonds is 6. The Morgan fingerprint density at radius 3 is 2.67 bits per heavy atom. The number of hydrogen-bond donors (Lipinski definition) is 1. The fourth-order valence-corrected chi connectivity index (χ4v) is 2.53. The van der Waals surface area contributed by atoms with Gasteiger partial charge in [0, 0.05) is 31.3 Å². The van der Waals surface area contributed by atoms with E-state index in [2.05, 4.69) is 25.7 Å². The summed E-state index contributed by atoms with van der Waals surface area (Å²) in [4.78, 5) is 13.1. The highest BCUT2D eigenvalue weighted by atomic mass is 16.5. The summed E-state index contributed by atoms with van der Waals surface area (Å²) >= 11 is 0. The van der Waals surface area contributed by atoms with Gasteiger partial charge < -0.3 is 14.6 Å². The van der Waals surface area contributed by atoms with Gasteiger partial charge in [-0.15, -0.1) is 0 Å². The molecule has 1 aromatic carbocycles. The summed E-state index contributed by atoms with van der Waals surface area (Å²) in [7, 11) is 0. The van der Waals surface area contributed by atoms with E-state index in [4.69, 9.17) is 14.6 Å². The van der Waals surface area contributed by atoms with E-state index in [1.54, 1.807) is 6.08 Å². The van der Waals surface area contributed by atoms with Crippen LogP contribution in [0.4, 0.5) is 0 Å². The van der Waals surface area contributed by atoms with Gasteiger partial charge in [-0.3, -0.25) is 4.90 Å². The lowest BCUT2D eigenvalue weighted by Crippen LogP contribution is -2.38. The molecule has 0 aliphatic carbocycles. The smallest absolute Gasteiger partial charge is 0.328 e. The zero-order valence-electron chi connectivity index (χ0n) is 14.7. The summed E-state index contributed by atoms with van der Waals surface area (Å²) in [5, 5.41) is 8.85. The van der Waals surface area contributed by atoms with E-state index in [1.807, 2.05) is 18.2 Å². The minimum Gasteiger partial charge on any atom is -0.492 e. The van der Waals surface area contributed by atoms with Crippen molar-refractivity contribution in [3.05, 3.63) is 35.4 Å². The SMILES string of the molecule is CC(C)(C)c1ccc(/C=C/C(=O)O)c(OCCN2CCOCC2)c1. The number of carboxylic acid groups (broad SMARTS) is 1. The van der Waals surface area contributed by atoms with Gasteiger partial charge in [0.2, 0.25) is 0 Å². The first-order valence-corrected chi connectivity index (χ1v) is 8.35. The molecule has 5 nitrogen and oxygen atoms in total. The van der Waals surface area contributed by atoms with Crippen LogP contribution in [0.3, 0.4) is 0 Å². The van der Waals surface area contributed by atoms with Gasteiger partial charge in [-0.05, 0) is 23.1 Å². The molecule has 0 amide bonds. The zero-order chi connectivity index (χ0) is 17.6. The maximum atomic E-state index is 10.8. The summed E-state index contributed by atoms with van der Waals surface area (Å²) < 4.78 is 11.3. The van der Waals surface area contributed by atoms with Crippen LogP contribution < -0.4 is 4.74 Å². The Bertz CT molecular complexity index is 584. The first-order chi connectivity index (χ1) is 11.4. The average Bonchev–Trinajstić information content (AvgIpc) is 2.53. The average molecular weight is 333 g/mol. The van der Waals surface area contributed by atoms with Crippen molar-refractivity contribution < 1.29 is 19.4 Å². The van der Waals surface area contributed by atoms with Crippen LogP contribution in [0.5, 0.6) is 5.75 Å². The molecule has 0 radical (unpaired) electrons. The molecule has 0 unspecified atom stereocenters. The largest absolute Gasteiger partial charge is 0.492 e. The Morgan fingerprint density at radius 1 is 1.33 bits per heavy atom. The quantitative estimate of drug-likeness (QED) is 0.811. The molecule has 5 heteroatoms. The van der Waals surface area contributed by atoms with Gasteiger partial charge >= 0.3 is 5.97 Å². The lowest BCUT2D eigenvalue weighted by Gasteiger charge is -2.26. The van der Waals surface area contributed by atoms with Crippen molar-refractivity contribution in [2.24, 2.45) is 0 Å². The third-order valence-electron chi connectivity index (χ3n) is 4.05. The van der Waals surface area contributed by atoms with Crippen LogP contribution in [0.25, 0.3) is 6.08 Å². The molecule has 1 fully saturated rings. The van der Waals surface area contributed by atoms with Crippen molar-refractivity contribution in [1.29, 1.82) is 0 Å². The molecular weight excluding hydrogens is 306 g/mol. The topological polar surface area (TPSA) is 59.0 Å². The predicted octanol–water partition coefficient (Wildman–Crippen LogP) is 2.79. The molecule has 1 heterocycles. The lowest BCUT2D eigenvalue weighted by atomic mass is 9.86. The third kappa shape index (κ3) is 5.65. The van der Waals surface area contributed by atoms with E-state index in [9.17, 15) is 4.79 Å². The van der Waals surface area contributed by atoms with Crippen molar-refractivity contribution in [2.75, 3.05) is 39.5 Å². The molecule has 2 rings (SSSR count). The Hall–Kier alpha value is -1.85. The zero-order valence-corrected chi connectivity index (χ0v) is 14.7. The van der Waals surface area contributed by atoms with Gasteiger partial charge in [0.25, 0.3) is 0 Å². The van der Waals surface area contributed by atoms with Gasteiger partial charge in [-0.1, -0.05) is 32.9 Å². The van der Waals surface area contributed by atoms with Crippen LogP contribution >= 0.6 is 0 Å². The van der Waals surface area contributed by atoms with Crippen LogP contribution in [0.15, 0.2) is 24.3 Å². The van der Waals surface area contributed by atoms with Crippen molar-refractivity contribution in [1.82, 2.24) is 4.90 Å². The molecule has 0 bridgehead atoms. The van der Waals surface area contributed by atoms with Gasteiger partial charge in [-0.25, -0.2) is 4.79 Å². The highest BCUT2D eigenvalue weighted by Crippen LogP contribution is 2.29. The van der Waals surface area contributed by atoms with E-state index in [0.29, 0.717) is 6.61 Å². The monoisotopic (exact) mass is 333 g/mol. The van der Waals surface area contributed by atoms with Gasteiger partial charge in [-0.2, -0.15) is 0 Å². The van der Waals surface area contributed by atoms with E-state index in [0.717, 1.165) is 55.8 Å². The molecule has 1 aliphatic heterocycles. The summed E-state index contributed by atoms with van der Waals surface area (Å²) in [5.74, 6) is -0.234. The molecule has 1 saturated heterocycles. The van der Waals surface area contributed by atoms with E-state index < -0.39 is 5.97 Å². The summed E-state index contributed by atoms with van der Waals surface area (Å²) in [5.41, 5.74) is 1.96. The fourth-order valence-electron chi connectivity index (χ4n) is 2.53. The van der Waals surface area contributed by atoms with Crippen LogP contribution in [0.1, 0.15) is 31.9 Å². The molecule has 1 aromatic rings. The highest BCUT2D eigenvalue weighted by Gasteiger charge is 2.16. The van der Waals surface area contributed by atoms with E-state index in [1.165, 1.54) is 0 Å². The predicted molar refractivity (Wildman–Crippen MR) is 94.6 cm³/mol. The van der Waals surface area contributed by atoms with Crippen LogP contribution in [0, 0.1) is 0 Å². The first-order valence-electron chi connectivity index (χ1n) is 8.35. The number of nitrogens with zero attached hydrogens (tertiary/aromatic N) is 1. The minimum atomic E-state index is -0.964. The molecule has 0 aromatic heterocycles. The molecule has 1 N–H and O–H groups in total. The number of aliphatic carboxylic acids is 1. The third-order valence-corrected chi connectivity index (χ3v) is 4.05. The number of benzene rings is 1. The molecule has 0 saturated carbocycles. The summed E-state index contributed by atoms with van der Waals surface area (Å²) in [6.45, 7) is 11.2. The fraction of sp³-hybridized carbons (Fsp3) is 0.526. The molecule has 0 spiro atoms. The molecule has 0 atom stereocenters. The van der Waals surface area contributed by atoms with Gasteiger partial charge in [0.05, 0.1) is 13.2 Å². The second-order valence-corrected chi connectivity index (χ2v) is 6.98. The van der Waals surface area contributed by atoms with Crippen molar-refractivity contribution in [3.63, 3.8) is 0 Å². The second-order valence-electron chi connectivity index (χ2n) is 6.98. The van der Waals surface area contributed by atoms with Crippen LogP contribution in [-0.2, 0) is 14.9 Å². The van der Waals surface area contributed by atoms with E-state index in [-0.39, 0.29) is 5.41 Å². The molecule has 132 valence electrons. The number of ether oxygens (including phenoxy) is 2. The van der Waals surface area contributed by atoms with E-state index >= 15 is 0 Å². The summed E-state index contributed by atoms with van der Waals surface area (Å²) in [6, 6.07) is 5.96. The number of carbonyl (C=O) groups is 1. The Balaban J connectivity index is 2.09. The van der Waals surface area contributed by atoms with Crippen LogP contribution in [0.2, 0.25) is 0 Å². The van der Waals surface area contributed by atoms with Gasteiger partial charge in [0.1, 0.15) is 12.4 Å². The molecule has 24 heavy (non-hydrogen) atoms. The molecular formula is C19H27NO4. The minimum absolute atomic E-state index is 0.0113. The summed E-state index contributed by atoms with van der Waals surface area (Å²) in [6.07, 6.45) is 2.72. The standard InChI is InChI=1S/C19H27NO4/c1-19(2,3)16-6-4-15(5-7-18(21)22)17(14-16)24-13-10-20-8-11-23-12-9-20/h4-7,14H,8-13H2,1-3H3,(H,21,22)/b7-5+. The highest BCUT2D eigenvalue weighted by molar-refractivity contribution is 5.85. The maximum absolute atomic E-state index is 10.8. The Kier molecular flexibility index (Phi) is 6.40. The number of hydrogen-bond acceptors (Lipinski definition) is 4. The lowest BCUT2D eigenvalue weighted by molar-refractivity contribution is -0.131. The van der Waals surface area contributed by atoms with Crippen LogP contribution in [-0.4, -0.2) is 55.4 Å². The van der Waals surface area contributed by atoms with Crippen molar-refractivity contribution in [2.45, 2.75) is 26.2 Å². The Morgan fingerprint density at radius 2 is 2.04 bits per heavy atom. The molecule has 1 aliphatic rings. The normalized spacial score (nSPS) is 16.5. The second kappa shape index (κ2) is 8.31. The van der Waals surface area contributed by atoms with Crippen molar-refractivity contribution in [3.8, 4) is 5.75 Å². The first kappa shape index (κ1) is 18.5.